The zero-order valence-electron chi connectivity index (χ0n) is 12.1. The second-order valence-corrected chi connectivity index (χ2v) is 7.32. The van der Waals surface area contributed by atoms with Crippen molar-refractivity contribution in [2.24, 2.45) is 0 Å². The van der Waals surface area contributed by atoms with E-state index in [9.17, 15) is 0 Å². The molecule has 2 unspecified atom stereocenters. The standard InChI is InChI=1S/C15H25N3S/c1-3-16-12-7-13-5-4-6-14(8-12)18(13)10-15-17-9-11(2)19-15/h9,12-14,16H,3-8,10H2,1-2H3. The van der Waals surface area contributed by atoms with Crippen molar-refractivity contribution in [3.8, 4) is 0 Å². The smallest absolute Gasteiger partial charge is 0.107 e. The Kier molecular flexibility index (Phi) is 4.20. The third-order valence-corrected chi connectivity index (χ3v) is 5.50. The first-order valence-corrected chi connectivity index (χ1v) is 8.48. The molecule has 3 heterocycles. The Labute approximate surface area is 120 Å². The number of aryl methyl sites for hydroxylation is 1. The lowest BCUT2D eigenvalue weighted by Crippen LogP contribution is -2.55. The highest BCUT2D eigenvalue weighted by molar-refractivity contribution is 7.11. The van der Waals surface area contributed by atoms with Gasteiger partial charge in [-0.3, -0.25) is 4.90 Å². The fourth-order valence-electron chi connectivity index (χ4n) is 3.82. The van der Waals surface area contributed by atoms with Crippen LogP contribution in [0.1, 0.15) is 48.9 Å². The lowest BCUT2D eigenvalue weighted by Gasteiger charge is -2.48. The van der Waals surface area contributed by atoms with Crippen LogP contribution in [0.5, 0.6) is 0 Å². The quantitative estimate of drug-likeness (QED) is 0.918. The normalized spacial score (nSPS) is 31.6. The number of piperidine rings is 2. The van der Waals surface area contributed by atoms with E-state index < -0.39 is 0 Å². The molecule has 2 aliphatic heterocycles. The van der Waals surface area contributed by atoms with Crippen molar-refractivity contribution < 1.29 is 0 Å². The highest BCUT2D eigenvalue weighted by atomic mass is 32.1. The molecule has 3 nitrogen and oxygen atoms in total. The van der Waals surface area contributed by atoms with Gasteiger partial charge in [0, 0.05) is 29.2 Å². The van der Waals surface area contributed by atoms with Crippen LogP contribution in [-0.2, 0) is 6.54 Å². The average Bonchev–Trinajstić information content (AvgIpc) is 2.76. The van der Waals surface area contributed by atoms with E-state index in [0.717, 1.165) is 31.2 Å². The third kappa shape index (κ3) is 3.01. The molecule has 2 saturated heterocycles. The van der Waals surface area contributed by atoms with E-state index in [2.05, 4.69) is 29.0 Å². The van der Waals surface area contributed by atoms with Crippen LogP contribution in [0, 0.1) is 6.92 Å². The molecule has 0 amide bonds. The van der Waals surface area contributed by atoms with Crippen molar-refractivity contribution in [1.29, 1.82) is 0 Å². The van der Waals surface area contributed by atoms with Gasteiger partial charge in [-0.1, -0.05) is 13.3 Å². The monoisotopic (exact) mass is 279 g/mol. The molecule has 2 bridgehead atoms. The van der Waals surface area contributed by atoms with Crippen molar-refractivity contribution >= 4 is 11.3 Å². The molecule has 2 aliphatic rings. The lowest BCUT2D eigenvalue weighted by molar-refractivity contribution is 0.0179. The Balaban J connectivity index is 1.68. The first kappa shape index (κ1) is 13.5. The highest BCUT2D eigenvalue weighted by Crippen LogP contribution is 2.35. The van der Waals surface area contributed by atoms with E-state index >= 15 is 0 Å². The number of aromatic nitrogens is 1. The van der Waals surface area contributed by atoms with E-state index in [1.807, 2.05) is 17.5 Å². The van der Waals surface area contributed by atoms with Crippen LogP contribution in [0.15, 0.2) is 6.20 Å². The number of nitrogens with one attached hydrogen (secondary N) is 1. The highest BCUT2D eigenvalue weighted by Gasteiger charge is 2.38. The summed E-state index contributed by atoms with van der Waals surface area (Å²) in [4.78, 5) is 8.64. The van der Waals surface area contributed by atoms with Gasteiger partial charge in [0.15, 0.2) is 0 Å². The van der Waals surface area contributed by atoms with E-state index in [1.54, 1.807) is 0 Å². The van der Waals surface area contributed by atoms with Crippen LogP contribution in [0.3, 0.4) is 0 Å². The van der Waals surface area contributed by atoms with Gasteiger partial charge in [0.25, 0.3) is 0 Å². The number of nitrogens with zero attached hydrogens (tertiary/aromatic N) is 2. The van der Waals surface area contributed by atoms with Gasteiger partial charge in [-0.15, -0.1) is 11.3 Å². The van der Waals surface area contributed by atoms with Crippen molar-refractivity contribution in [3.63, 3.8) is 0 Å². The molecule has 2 fully saturated rings. The Morgan fingerprint density at radius 2 is 2.11 bits per heavy atom. The van der Waals surface area contributed by atoms with E-state index in [0.29, 0.717) is 0 Å². The topological polar surface area (TPSA) is 28.2 Å². The maximum Gasteiger partial charge on any atom is 0.107 e. The summed E-state index contributed by atoms with van der Waals surface area (Å²) in [5.74, 6) is 0. The lowest BCUT2D eigenvalue weighted by atomic mass is 9.82. The van der Waals surface area contributed by atoms with Crippen LogP contribution < -0.4 is 5.32 Å². The average molecular weight is 279 g/mol. The summed E-state index contributed by atoms with van der Waals surface area (Å²) in [7, 11) is 0. The Morgan fingerprint density at radius 3 is 2.68 bits per heavy atom. The molecule has 4 heteroatoms. The summed E-state index contributed by atoms with van der Waals surface area (Å²) in [6.45, 7) is 6.56. The summed E-state index contributed by atoms with van der Waals surface area (Å²) in [5, 5.41) is 4.96. The largest absolute Gasteiger partial charge is 0.314 e. The molecule has 1 aromatic rings. The number of hydrogen-bond donors (Lipinski definition) is 1. The summed E-state index contributed by atoms with van der Waals surface area (Å²) in [6.07, 6.45) is 8.84. The minimum absolute atomic E-state index is 0.745. The number of thiazole rings is 1. The summed E-state index contributed by atoms with van der Waals surface area (Å²) < 4.78 is 0. The molecule has 2 atom stereocenters. The second kappa shape index (κ2) is 5.90. The second-order valence-electron chi connectivity index (χ2n) is 6.00. The Hall–Kier alpha value is -0.450. The van der Waals surface area contributed by atoms with Crippen molar-refractivity contribution in [2.75, 3.05) is 6.54 Å². The van der Waals surface area contributed by atoms with Crippen molar-refractivity contribution in [2.45, 2.75) is 70.6 Å². The van der Waals surface area contributed by atoms with Gasteiger partial charge in [0.2, 0.25) is 0 Å². The Bertz CT molecular complexity index is 403. The van der Waals surface area contributed by atoms with Gasteiger partial charge in [0.1, 0.15) is 5.01 Å². The minimum Gasteiger partial charge on any atom is -0.314 e. The molecule has 1 aromatic heterocycles. The SMILES string of the molecule is CCNC1CC2CCCC(C1)N2Cc1ncc(C)s1. The molecule has 3 rings (SSSR count). The number of fused-ring (bicyclic) bond motifs is 2. The van der Waals surface area contributed by atoms with E-state index in [4.69, 9.17) is 0 Å². The van der Waals surface area contributed by atoms with Crippen LogP contribution in [-0.4, -0.2) is 34.6 Å². The van der Waals surface area contributed by atoms with Gasteiger partial charge in [-0.25, -0.2) is 4.98 Å². The molecule has 0 aliphatic carbocycles. The molecule has 0 aromatic carbocycles. The molecule has 0 spiro atoms. The van der Waals surface area contributed by atoms with Gasteiger partial charge < -0.3 is 5.32 Å². The first-order valence-electron chi connectivity index (χ1n) is 7.66. The van der Waals surface area contributed by atoms with Gasteiger partial charge in [-0.05, 0) is 39.2 Å². The minimum atomic E-state index is 0.745. The molecular formula is C15H25N3S. The van der Waals surface area contributed by atoms with Gasteiger partial charge >= 0.3 is 0 Å². The van der Waals surface area contributed by atoms with Crippen LogP contribution in [0.4, 0.5) is 0 Å². The number of rotatable bonds is 4. The van der Waals surface area contributed by atoms with Crippen LogP contribution >= 0.6 is 11.3 Å². The molecular weight excluding hydrogens is 254 g/mol. The van der Waals surface area contributed by atoms with Crippen LogP contribution in [0.25, 0.3) is 0 Å². The number of hydrogen-bond acceptors (Lipinski definition) is 4. The zero-order chi connectivity index (χ0) is 13.2. The maximum atomic E-state index is 4.55. The van der Waals surface area contributed by atoms with E-state index in [-0.39, 0.29) is 0 Å². The zero-order valence-corrected chi connectivity index (χ0v) is 12.9. The van der Waals surface area contributed by atoms with Gasteiger partial charge in [-0.2, -0.15) is 0 Å². The van der Waals surface area contributed by atoms with E-state index in [1.165, 1.54) is 42.0 Å². The molecule has 1 N–H and O–H groups in total. The summed E-state index contributed by atoms with van der Waals surface area (Å²) in [5.41, 5.74) is 0. The first-order chi connectivity index (χ1) is 9.26. The fourth-order valence-corrected chi connectivity index (χ4v) is 4.62. The summed E-state index contributed by atoms with van der Waals surface area (Å²) in [6, 6.07) is 2.30. The fraction of sp³-hybridized carbons (Fsp3) is 0.800. The molecule has 106 valence electrons. The summed E-state index contributed by atoms with van der Waals surface area (Å²) >= 11 is 1.86. The van der Waals surface area contributed by atoms with Crippen molar-refractivity contribution in [3.05, 3.63) is 16.1 Å². The van der Waals surface area contributed by atoms with Gasteiger partial charge in [0.05, 0.1) is 6.54 Å². The predicted molar refractivity (Wildman–Crippen MR) is 80.5 cm³/mol. The molecule has 0 saturated carbocycles. The van der Waals surface area contributed by atoms with Crippen molar-refractivity contribution in [1.82, 2.24) is 15.2 Å². The molecule has 19 heavy (non-hydrogen) atoms. The maximum absolute atomic E-state index is 4.55. The molecule has 0 radical (unpaired) electrons. The van der Waals surface area contributed by atoms with Crippen LogP contribution in [0.2, 0.25) is 0 Å². The Morgan fingerprint density at radius 1 is 1.37 bits per heavy atom. The third-order valence-electron chi connectivity index (χ3n) is 4.61. The predicted octanol–water partition coefficient (Wildman–Crippen LogP) is 2.95.